The second-order valence-corrected chi connectivity index (χ2v) is 5.05. The Morgan fingerprint density at radius 3 is 2.52 bits per heavy atom. The predicted octanol–water partition coefficient (Wildman–Crippen LogP) is 3.92. The summed E-state index contributed by atoms with van der Waals surface area (Å²) in [6.45, 7) is 0. The van der Waals surface area contributed by atoms with E-state index in [0.717, 1.165) is 5.39 Å². The Morgan fingerprint density at radius 1 is 1.04 bits per heavy atom. The molecule has 6 heteroatoms. The van der Waals surface area contributed by atoms with Crippen molar-refractivity contribution in [1.29, 1.82) is 0 Å². The van der Waals surface area contributed by atoms with Crippen LogP contribution in [0.5, 0.6) is 5.75 Å². The number of nitrogens with two attached hydrogens (primary N) is 1. The minimum Gasteiger partial charge on any atom is -0.507 e. The van der Waals surface area contributed by atoms with E-state index in [-0.39, 0.29) is 23.8 Å². The summed E-state index contributed by atoms with van der Waals surface area (Å²) in [5.41, 5.74) is 7.30. The Kier molecular flexibility index (Phi) is 4.83. The number of fused-ring (bicyclic) bond motifs is 1. The van der Waals surface area contributed by atoms with Crippen molar-refractivity contribution < 1.29 is 10.0 Å². The molecule has 0 saturated carbocycles. The number of aromatic hydroxyl groups is 1. The summed E-state index contributed by atoms with van der Waals surface area (Å²) in [6.07, 6.45) is 0. The van der Waals surface area contributed by atoms with Gasteiger partial charge in [-0.15, -0.1) is 12.4 Å². The van der Waals surface area contributed by atoms with E-state index < -0.39 is 11.0 Å². The molecule has 0 amide bonds. The number of nitro benzene ring substituents is 1. The van der Waals surface area contributed by atoms with E-state index in [9.17, 15) is 15.2 Å². The lowest BCUT2D eigenvalue weighted by molar-refractivity contribution is -0.384. The highest BCUT2D eigenvalue weighted by Gasteiger charge is 2.17. The lowest BCUT2D eigenvalue weighted by Crippen LogP contribution is -2.12. The van der Waals surface area contributed by atoms with E-state index in [1.54, 1.807) is 18.2 Å². The molecule has 0 radical (unpaired) electrons. The standard InChI is InChI=1S/C17H14N2O3.ClH/c18-16(12-5-3-6-13(10-12)19(21)22)15-9-8-11-4-1-2-7-14(11)17(15)20;/h1-10,16,20H,18H2;1H. The van der Waals surface area contributed by atoms with Gasteiger partial charge in [-0.25, -0.2) is 0 Å². The molecule has 3 N–H and O–H groups in total. The molecule has 3 rings (SSSR count). The summed E-state index contributed by atoms with van der Waals surface area (Å²) in [6, 6.07) is 16.6. The Bertz CT molecular complexity index is 867. The van der Waals surface area contributed by atoms with Crippen molar-refractivity contribution in [1.82, 2.24) is 0 Å². The van der Waals surface area contributed by atoms with E-state index in [2.05, 4.69) is 0 Å². The van der Waals surface area contributed by atoms with Gasteiger partial charge in [0.2, 0.25) is 0 Å². The molecule has 1 atom stereocenters. The number of hydrogen-bond acceptors (Lipinski definition) is 4. The van der Waals surface area contributed by atoms with Crippen LogP contribution in [-0.2, 0) is 0 Å². The quantitative estimate of drug-likeness (QED) is 0.562. The van der Waals surface area contributed by atoms with Crippen molar-refractivity contribution in [3.63, 3.8) is 0 Å². The molecule has 23 heavy (non-hydrogen) atoms. The molecule has 118 valence electrons. The fraction of sp³-hybridized carbons (Fsp3) is 0.0588. The Labute approximate surface area is 138 Å². The summed E-state index contributed by atoms with van der Waals surface area (Å²) in [4.78, 5) is 10.4. The first-order valence-electron chi connectivity index (χ1n) is 6.78. The van der Waals surface area contributed by atoms with Gasteiger partial charge >= 0.3 is 0 Å². The number of nitro groups is 1. The van der Waals surface area contributed by atoms with Crippen molar-refractivity contribution in [3.05, 3.63) is 81.9 Å². The van der Waals surface area contributed by atoms with Crippen LogP contribution in [-0.4, -0.2) is 10.0 Å². The molecular weight excluding hydrogens is 316 g/mol. The number of phenolic OH excluding ortho intramolecular Hbond substituents is 1. The lowest BCUT2D eigenvalue weighted by atomic mass is 9.95. The zero-order chi connectivity index (χ0) is 15.7. The van der Waals surface area contributed by atoms with Gasteiger partial charge in [-0.05, 0) is 10.9 Å². The van der Waals surface area contributed by atoms with Crippen LogP contribution in [0.3, 0.4) is 0 Å². The molecule has 0 aliphatic carbocycles. The van der Waals surface area contributed by atoms with E-state index in [0.29, 0.717) is 16.5 Å². The first kappa shape index (κ1) is 16.7. The van der Waals surface area contributed by atoms with Gasteiger partial charge in [0.05, 0.1) is 11.0 Å². The molecule has 0 spiro atoms. The highest BCUT2D eigenvalue weighted by molar-refractivity contribution is 5.89. The predicted molar refractivity (Wildman–Crippen MR) is 92.0 cm³/mol. The monoisotopic (exact) mass is 330 g/mol. The van der Waals surface area contributed by atoms with E-state index in [1.165, 1.54) is 12.1 Å². The third-order valence-corrected chi connectivity index (χ3v) is 3.71. The molecule has 0 fully saturated rings. The van der Waals surface area contributed by atoms with Gasteiger partial charge in [0.25, 0.3) is 5.69 Å². The second kappa shape index (κ2) is 6.64. The van der Waals surface area contributed by atoms with E-state index in [4.69, 9.17) is 5.73 Å². The number of nitrogens with zero attached hydrogens (tertiary/aromatic N) is 1. The minimum atomic E-state index is -0.635. The van der Waals surface area contributed by atoms with Crippen molar-refractivity contribution in [2.75, 3.05) is 0 Å². The summed E-state index contributed by atoms with van der Waals surface area (Å²) < 4.78 is 0. The van der Waals surface area contributed by atoms with Crippen LogP contribution in [0.25, 0.3) is 10.8 Å². The van der Waals surface area contributed by atoms with Gasteiger partial charge in [-0.3, -0.25) is 10.1 Å². The minimum absolute atomic E-state index is 0. The zero-order valence-corrected chi connectivity index (χ0v) is 12.9. The fourth-order valence-electron chi connectivity index (χ4n) is 2.53. The van der Waals surface area contributed by atoms with E-state index >= 15 is 0 Å². The summed E-state index contributed by atoms with van der Waals surface area (Å²) in [5.74, 6) is 0.108. The van der Waals surface area contributed by atoms with Crippen molar-refractivity contribution >= 4 is 28.9 Å². The van der Waals surface area contributed by atoms with Crippen LogP contribution < -0.4 is 5.73 Å². The number of phenols is 1. The average molecular weight is 331 g/mol. The van der Waals surface area contributed by atoms with Crippen LogP contribution in [0.4, 0.5) is 5.69 Å². The largest absolute Gasteiger partial charge is 0.507 e. The van der Waals surface area contributed by atoms with Gasteiger partial charge in [0.1, 0.15) is 5.75 Å². The highest BCUT2D eigenvalue weighted by atomic mass is 35.5. The maximum absolute atomic E-state index is 10.9. The summed E-state index contributed by atoms with van der Waals surface area (Å²) in [5, 5.41) is 22.9. The van der Waals surface area contributed by atoms with Gasteiger partial charge in [0.15, 0.2) is 0 Å². The van der Waals surface area contributed by atoms with Crippen molar-refractivity contribution in [2.45, 2.75) is 6.04 Å². The summed E-state index contributed by atoms with van der Waals surface area (Å²) >= 11 is 0. The Balaban J connectivity index is 0.00000192. The number of hydrogen-bond donors (Lipinski definition) is 2. The van der Waals surface area contributed by atoms with Crippen molar-refractivity contribution in [2.24, 2.45) is 5.73 Å². The molecule has 0 aromatic heterocycles. The maximum Gasteiger partial charge on any atom is 0.269 e. The number of benzene rings is 3. The highest BCUT2D eigenvalue weighted by Crippen LogP contribution is 2.34. The third kappa shape index (κ3) is 3.11. The van der Waals surface area contributed by atoms with Crippen LogP contribution in [0.1, 0.15) is 17.2 Å². The SMILES string of the molecule is Cl.NC(c1cccc([N+](=O)[O-])c1)c1ccc2ccccc2c1O. The molecule has 1 unspecified atom stereocenters. The van der Waals surface area contributed by atoms with Gasteiger partial charge in [0, 0.05) is 23.1 Å². The number of non-ortho nitro benzene ring substituents is 1. The summed E-state index contributed by atoms with van der Waals surface area (Å²) in [7, 11) is 0. The molecule has 0 heterocycles. The van der Waals surface area contributed by atoms with Gasteiger partial charge < -0.3 is 10.8 Å². The fourth-order valence-corrected chi connectivity index (χ4v) is 2.53. The molecule has 0 aliphatic heterocycles. The topological polar surface area (TPSA) is 89.4 Å². The molecular formula is C17H15ClN2O3. The van der Waals surface area contributed by atoms with Crippen LogP contribution in [0, 0.1) is 10.1 Å². The number of halogens is 1. The molecule has 3 aromatic carbocycles. The second-order valence-electron chi connectivity index (χ2n) is 5.05. The smallest absolute Gasteiger partial charge is 0.269 e. The molecule has 0 aliphatic rings. The van der Waals surface area contributed by atoms with E-state index in [1.807, 2.05) is 30.3 Å². The molecule has 0 saturated heterocycles. The first-order valence-corrected chi connectivity index (χ1v) is 6.78. The zero-order valence-electron chi connectivity index (χ0n) is 12.0. The maximum atomic E-state index is 10.9. The average Bonchev–Trinajstić information content (AvgIpc) is 2.55. The lowest BCUT2D eigenvalue weighted by Gasteiger charge is -2.15. The normalized spacial score (nSPS) is 11.7. The van der Waals surface area contributed by atoms with Crippen LogP contribution in [0.2, 0.25) is 0 Å². The van der Waals surface area contributed by atoms with Crippen molar-refractivity contribution in [3.8, 4) is 5.75 Å². The Morgan fingerprint density at radius 2 is 1.78 bits per heavy atom. The third-order valence-electron chi connectivity index (χ3n) is 3.71. The molecule has 5 nitrogen and oxygen atoms in total. The van der Waals surface area contributed by atoms with Gasteiger partial charge in [-0.1, -0.05) is 48.5 Å². The number of rotatable bonds is 3. The molecule has 0 bridgehead atoms. The van der Waals surface area contributed by atoms with Gasteiger partial charge in [-0.2, -0.15) is 0 Å². The Hall–Kier alpha value is -2.63. The van der Waals surface area contributed by atoms with Crippen LogP contribution >= 0.6 is 12.4 Å². The molecule has 3 aromatic rings. The first-order chi connectivity index (χ1) is 10.6. The van der Waals surface area contributed by atoms with Crippen LogP contribution in [0.15, 0.2) is 60.7 Å².